The monoisotopic (exact) mass is 446 g/mol. The molecule has 0 bridgehead atoms. The lowest BCUT2D eigenvalue weighted by atomic mass is 9.94. The third-order valence-corrected chi connectivity index (χ3v) is 6.84. The zero-order chi connectivity index (χ0) is 22.9. The zero-order valence-electron chi connectivity index (χ0n) is 18.4. The summed E-state index contributed by atoms with van der Waals surface area (Å²) in [5.74, 6) is -0.879. The molecular formula is C25H26N4O4. The Morgan fingerprint density at radius 1 is 0.788 bits per heavy atom. The maximum absolute atomic E-state index is 13.1. The molecule has 5 rings (SSSR count). The summed E-state index contributed by atoms with van der Waals surface area (Å²) in [7, 11) is 0. The van der Waals surface area contributed by atoms with Crippen LogP contribution in [0.4, 0.5) is 0 Å². The molecule has 8 heteroatoms. The molecule has 2 aliphatic heterocycles. The van der Waals surface area contributed by atoms with E-state index in [0.717, 1.165) is 32.1 Å². The summed E-state index contributed by atoms with van der Waals surface area (Å²) < 4.78 is 0. The summed E-state index contributed by atoms with van der Waals surface area (Å²) in [4.78, 5) is 60.5. The predicted molar refractivity (Wildman–Crippen MR) is 120 cm³/mol. The van der Waals surface area contributed by atoms with Crippen LogP contribution >= 0.6 is 0 Å². The number of amides is 4. The number of imide groups is 1. The van der Waals surface area contributed by atoms with E-state index in [9.17, 15) is 19.2 Å². The van der Waals surface area contributed by atoms with Crippen LogP contribution in [-0.2, 0) is 0 Å². The fraction of sp³-hybridized carbons (Fsp3) is 0.400. The molecule has 3 aliphatic rings. The third kappa shape index (κ3) is 3.90. The third-order valence-electron chi connectivity index (χ3n) is 6.84. The zero-order valence-corrected chi connectivity index (χ0v) is 18.4. The number of carbonyl (C=O) groups excluding carboxylic acids is 4. The minimum absolute atomic E-state index is 0.0463. The number of rotatable bonds is 3. The summed E-state index contributed by atoms with van der Waals surface area (Å²) >= 11 is 0. The second-order valence-electron chi connectivity index (χ2n) is 8.83. The van der Waals surface area contributed by atoms with Gasteiger partial charge in [-0.05, 0) is 43.2 Å². The average Bonchev–Trinajstić information content (AvgIpc) is 3.13. The first-order chi connectivity index (χ1) is 16.0. The van der Waals surface area contributed by atoms with Gasteiger partial charge in [0.1, 0.15) is 5.69 Å². The van der Waals surface area contributed by atoms with Gasteiger partial charge in [-0.2, -0.15) is 0 Å². The van der Waals surface area contributed by atoms with Gasteiger partial charge in [-0.1, -0.05) is 25.3 Å². The molecule has 0 unspecified atom stereocenters. The highest BCUT2D eigenvalue weighted by molar-refractivity contribution is 6.22. The summed E-state index contributed by atoms with van der Waals surface area (Å²) in [6.45, 7) is 1.63. The first-order valence-electron chi connectivity index (χ1n) is 11.6. The van der Waals surface area contributed by atoms with E-state index in [1.165, 1.54) is 4.90 Å². The highest BCUT2D eigenvalue weighted by atomic mass is 16.2. The number of benzene rings is 1. The van der Waals surface area contributed by atoms with Crippen LogP contribution in [0.15, 0.2) is 42.6 Å². The van der Waals surface area contributed by atoms with Crippen LogP contribution in [0, 0.1) is 0 Å². The average molecular weight is 447 g/mol. The van der Waals surface area contributed by atoms with Crippen molar-refractivity contribution in [1.29, 1.82) is 0 Å². The highest BCUT2D eigenvalue weighted by Gasteiger charge is 2.40. The van der Waals surface area contributed by atoms with Crippen molar-refractivity contribution in [2.75, 3.05) is 26.2 Å². The van der Waals surface area contributed by atoms with Crippen molar-refractivity contribution in [1.82, 2.24) is 19.7 Å². The Hall–Kier alpha value is -3.55. The van der Waals surface area contributed by atoms with Gasteiger partial charge in [-0.3, -0.25) is 29.1 Å². The van der Waals surface area contributed by atoms with E-state index >= 15 is 0 Å². The number of piperazine rings is 1. The number of fused-ring (bicyclic) bond motifs is 1. The Labute approximate surface area is 192 Å². The minimum Gasteiger partial charge on any atom is -0.335 e. The largest absolute Gasteiger partial charge is 0.335 e. The molecule has 0 radical (unpaired) electrons. The molecule has 33 heavy (non-hydrogen) atoms. The molecule has 170 valence electrons. The molecular weight excluding hydrogens is 420 g/mol. The molecule has 2 aromatic rings. The van der Waals surface area contributed by atoms with Crippen molar-refractivity contribution in [2.45, 2.75) is 38.1 Å². The predicted octanol–water partition coefficient (Wildman–Crippen LogP) is 2.61. The van der Waals surface area contributed by atoms with Crippen molar-refractivity contribution in [2.24, 2.45) is 0 Å². The molecule has 0 atom stereocenters. The van der Waals surface area contributed by atoms with E-state index in [4.69, 9.17) is 0 Å². The second kappa shape index (κ2) is 8.77. The quantitative estimate of drug-likeness (QED) is 0.676. The molecule has 3 heterocycles. The molecule has 2 fully saturated rings. The van der Waals surface area contributed by atoms with Gasteiger partial charge in [0.15, 0.2) is 0 Å². The molecule has 0 spiro atoms. The Bertz CT molecular complexity index is 1100. The second-order valence-corrected chi connectivity index (χ2v) is 8.83. The van der Waals surface area contributed by atoms with E-state index in [1.807, 2.05) is 0 Å². The van der Waals surface area contributed by atoms with Crippen molar-refractivity contribution in [3.63, 3.8) is 0 Å². The van der Waals surface area contributed by atoms with Gasteiger partial charge in [-0.15, -0.1) is 0 Å². The van der Waals surface area contributed by atoms with Crippen molar-refractivity contribution >= 4 is 23.6 Å². The normalized spacial score (nSPS) is 19.1. The van der Waals surface area contributed by atoms with Crippen molar-refractivity contribution in [3.05, 3.63) is 65.0 Å². The number of hydrogen-bond donors (Lipinski definition) is 0. The van der Waals surface area contributed by atoms with Crippen LogP contribution in [0.1, 0.15) is 73.7 Å². The smallest absolute Gasteiger partial charge is 0.272 e. The summed E-state index contributed by atoms with van der Waals surface area (Å²) in [5.41, 5.74) is 1.49. The Kier molecular flexibility index (Phi) is 5.66. The number of aromatic nitrogens is 1. The fourth-order valence-corrected chi connectivity index (χ4v) is 5.01. The summed E-state index contributed by atoms with van der Waals surface area (Å²) in [6.07, 6.45) is 6.46. The van der Waals surface area contributed by atoms with Gasteiger partial charge in [-0.25, -0.2) is 0 Å². The molecule has 1 aromatic carbocycles. The topological polar surface area (TPSA) is 90.9 Å². The van der Waals surface area contributed by atoms with Crippen molar-refractivity contribution < 1.29 is 19.2 Å². The van der Waals surface area contributed by atoms with Crippen LogP contribution in [0.2, 0.25) is 0 Å². The number of pyridine rings is 1. The van der Waals surface area contributed by atoms with Crippen LogP contribution in [0.25, 0.3) is 0 Å². The van der Waals surface area contributed by atoms with E-state index in [0.29, 0.717) is 48.6 Å². The lowest BCUT2D eigenvalue weighted by molar-refractivity contribution is 0.0532. The van der Waals surface area contributed by atoms with Gasteiger partial charge in [0, 0.05) is 44.0 Å². The fourth-order valence-electron chi connectivity index (χ4n) is 5.01. The first kappa shape index (κ1) is 21.3. The molecule has 1 saturated heterocycles. The van der Waals surface area contributed by atoms with E-state index in [-0.39, 0.29) is 29.7 Å². The maximum atomic E-state index is 13.1. The molecule has 0 N–H and O–H groups in total. The molecule has 1 saturated carbocycles. The first-order valence-corrected chi connectivity index (χ1v) is 11.6. The molecule has 8 nitrogen and oxygen atoms in total. The number of hydrogen-bond acceptors (Lipinski definition) is 5. The Morgan fingerprint density at radius 2 is 1.45 bits per heavy atom. The van der Waals surface area contributed by atoms with Gasteiger partial charge in [0.25, 0.3) is 23.6 Å². The number of carbonyl (C=O) groups is 4. The van der Waals surface area contributed by atoms with Crippen LogP contribution in [0.3, 0.4) is 0 Å². The van der Waals surface area contributed by atoms with Crippen LogP contribution in [-0.4, -0.2) is 75.5 Å². The lowest BCUT2D eigenvalue weighted by Crippen LogP contribution is -2.50. The van der Waals surface area contributed by atoms with Gasteiger partial charge < -0.3 is 9.80 Å². The summed E-state index contributed by atoms with van der Waals surface area (Å²) in [6, 6.07) is 9.96. The Morgan fingerprint density at radius 3 is 2.12 bits per heavy atom. The standard InChI is InChI=1S/C25H26N4O4/c30-22(27-12-14-28(15-13-27)25(33)21-8-4-5-11-26-21)17-9-10-19-20(16-17)24(32)29(23(19)31)18-6-2-1-3-7-18/h4-5,8-11,16,18H,1-3,6-7,12-15H2. The van der Waals surface area contributed by atoms with E-state index < -0.39 is 0 Å². The molecule has 1 aliphatic carbocycles. The maximum Gasteiger partial charge on any atom is 0.272 e. The molecule has 1 aromatic heterocycles. The van der Waals surface area contributed by atoms with Crippen LogP contribution < -0.4 is 0 Å². The van der Waals surface area contributed by atoms with Gasteiger partial charge in [0.05, 0.1) is 11.1 Å². The molecule has 4 amide bonds. The van der Waals surface area contributed by atoms with Gasteiger partial charge in [0.2, 0.25) is 0 Å². The highest BCUT2D eigenvalue weighted by Crippen LogP contribution is 2.31. The van der Waals surface area contributed by atoms with Crippen molar-refractivity contribution in [3.8, 4) is 0 Å². The minimum atomic E-state index is -0.290. The van der Waals surface area contributed by atoms with Gasteiger partial charge >= 0.3 is 0 Å². The van der Waals surface area contributed by atoms with E-state index in [1.54, 1.807) is 52.4 Å². The lowest BCUT2D eigenvalue weighted by Gasteiger charge is -2.34. The Balaban J connectivity index is 1.27. The number of nitrogens with zero attached hydrogens (tertiary/aromatic N) is 4. The van der Waals surface area contributed by atoms with E-state index in [2.05, 4.69) is 4.98 Å². The van der Waals surface area contributed by atoms with Crippen LogP contribution in [0.5, 0.6) is 0 Å². The SMILES string of the molecule is O=C(c1ccc2c(c1)C(=O)N(C1CCCCC1)C2=O)N1CCN(C(=O)c2ccccn2)CC1. The summed E-state index contributed by atoms with van der Waals surface area (Å²) in [5, 5.41) is 0.